The van der Waals surface area contributed by atoms with Crippen molar-refractivity contribution in [1.29, 1.82) is 0 Å². The Morgan fingerprint density at radius 3 is 2.28 bits per heavy atom. The molecular weight excluding hydrogens is 882 g/mol. The maximum atomic E-state index is 6.74. The first-order chi connectivity index (χ1) is 34.1. The van der Waals surface area contributed by atoms with Crippen LogP contribution in [0.4, 0.5) is 34.1 Å². The average Bonchev–Trinajstić information content (AvgIpc) is 3.93. The molecule has 0 bridgehead atoms. The smallest absolute Gasteiger partial charge is 0.264 e. The molecule has 5 aliphatic rings. The summed E-state index contributed by atoms with van der Waals surface area (Å²) in [5.41, 5.74) is 18.4. The predicted octanol–water partition coefficient (Wildman–Crippen LogP) is 17.4. The van der Waals surface area contributed by atoms with E-state index in [9.17, 15) is 0 Å². The number of hydrogen-bond donors (Lipinski definition) is 0. The van der Waals surface area contributed by atoms with E-state index in [1.807, 2.05) is 6.08 Å². The van der Waals surface area contributed by atoms with Gasteiger partial charge in [0.1, 0.15) is 11.2 Å². The third kappa shape index (κ3) is 7.35. The number of fused-ring (bicyclic) bond motifs is 10. The molecule has 71 heavy (non-hydrogen) atoms. The molecule has 0 spiro atoms. The molecule has 4 nitrogen and oxygen atoms in total. The normalized spacial score (nSPS) is 21.5. The van der Waals surface area contributed by atoms with Crippen LogP contribution in [-0.2, 0) is 10.8 Å². The fourth-order valence-corrected chi connectivity index (χ4v) is 14.8. The molecule has 1 saturated carbocycles. The fraction of sp³-hybridized carbons (Fsp3) is 0.354. The zero-order valence-corrected chi connectivity index (χ0v) is 44.3. The van der Waals surface area contributed by atoms with Crippen LogP contribution in [0.5, 0.6) is 0 Å². The molecule has 2 aromatic heterocycles. The van der Waals surface area contributed by atoms with E-state index in [1.54, 1.807) is 5.57 Å². The van der Waals surface area contributed by atoms with Gasteiger partial charge in [0.05, 0.1) is 22.8 Å². The van der Waals surface area contributed by atoms with E-state index in [0.29, 0.717) is 17.8 Å². The maximum Gasteiger partial charge on any atom is 0.264 e. The van der Waals surface area contributed by atoms with E-state index in [2.05, 4.69) is 223 Å². The molecule has 0 amide bonds. The van der Waals surface area contributed by atoms with Crippen LogP contribution in [0.1, 0.15) is 118 Å². The summed E-state index contributed by atoms with van der Waals surface area (Å²) in [4.78, 5) is 7.86. The van der Waals surface area contributed by atoms with Crippen LogP contribution in [-0.4, -0.2) is 12.8 Å². The van der Waals surface area contributed by atoms with Crippen LogP contribution in [0.15, 0.2) is 162 Å². The van der Waals surface area contributed by atoms with E-state index in [0.717, 1.165) is 47.2 Å². The van der Waals surface area contributed by atoms with Crippen LogP contribution >= 0.6 is 11.3 Å². The van der Waals surface area contributed by atoms with Crippen molar-refractivity contribution >= 4 is 94.4 Å². The number of benzene rings is 5. The van der Waals surface area contributed by atoms with Gasteiger partial charge in [-0.1, -0.05) is 135 Å². The Morgan fingerprint density at radius 1 is 0.817 bits per heavy atom. The molecule has 0 radical (unpaired) electrons. The number of thiophene rings is 1. The number of anilines is 6. The molecule has 2 aliphatic heterocycles. The molecule has 1 fully saturated rings. The zero-order valence-electron chi connectivity index (χ0n) is 43.5. The lowest BCUT2D eigenvalue weighted by atomic mass is 9.34. The van der Waals surface area contributed by atoms with Crippen molar-refractivity contribution in [3.05, 3.63) is 169 Å². The van der Waals surface area contributed by atoms with Crippen molar-refractivity contribution in [3.63, 3.8) is 0 Å². The quantitative estimate of drug-likeness (QED) is 0.106. The Bertz CT molecular complexity index is 3410. The standard InChI is InChI=1S/C65H70BN3OS/c1-12-21-42(13-2)68(43-22-15-14-16-23-43)44-34-54-60-55(35-44)69(52-25-19-27-57-59(52)45-24-17-18-26-56(45)70-57)53-38-47-41(4)29-28-40(3)46(47)37-51(53)66(60)62-61(67(54)33-20-30-63(5,6)7)48-36-49-50(39-58(48)71-62)65(10,11)32-31-64(49,8)9/h12-20,22-27,33-37,39-42,47H,1-2,21,28-32,38H2,3-11H3/b33-20+. The third-order valence-corrected chi connectivity index (χ3v) is 18.6. The van der Waals surface area contributed by atoms with Gasteiger partial charge in [0.2, 0.25) is 0 Å². The highest BCUT2D eigenvalue weighted by Crippen LogP contribution is 2.56. The lowest BCUT2D eigenvalue weighted by Gasteiger charge is -2.48. The molecule has 360 valence electrons. The molecule has 4 heterocycles. The van der Waals surface area contributed by atoms with Gasteiger partial charge in [-0.2, -0.15) is 0 Å². The highest BCUT2D eigenvalue weighted by atomic mass is 32.1. The lowest BCUT2D eigenvalue weighted by Crippen LogP contribution is -2.56. The second kappa shape index (κ2) is 16.8. The van der Waals surface area contributed by atoms with Gasteiger partial charge in [-0.3, -0.25) is 0 Å². The average molecular weight is 952 g/mol. The molecule has 4 atom stereocenters. The Labute approximate surface area is 427 Å². The van der Waals surface area contributed by atoms with Crippen molar-refractivity contribution in [2.45, 2.75) is 124 Å². The van der Waals surface area contributed by atoms with Crippen molar-refractivity contribution < 1.29 is 4.42 Å². The van der Waals surface area contributed by atoms with Gasteiger partial charge in [0.25, 0.3) is 6.71 Å². The van der Waals surface area contributed by atoms with Gasteiger partial charge in [-0.25, -0.2) is 0 Å². The molecule has 12 rings (SSSR count). The Balaban J connectivity index is 1.24. The number of para-hydroxylation sites is 2. The minimum Gasteiger partial charge on any atom is -0.456 e. The summed E-state index contributed by atoms with van der Waals surface area (Å²) in [6.45, 7) is 30.8. The van der Waals surface area contributed by atoms with E-state index in [4.69, 9.17) is 4.42 Å². The summed E-state index contributed by atoms with van der Waals surface area (Å²) >= 11 is 2.06. The number of furan rings is 1. The van der Waals surface area contributed by atoms with E-state index >= 15 is 0 Å². The number of hydrogen-bond acceptors (Lipinski definition) is 5. The molecule has 4 unspecified atom stereocenters. The van der Waals surface area contributed by atoms with Crippen molar-refractivity contribution in [1.82, 2.24) is 0 Å². The van der Waals surface area contributed by atoms with Gasteiger partial charge in [0.15, 0.2) is 0 Å². The van der Waals surface area contributed by atoms with Crippen molar-refractivity contribution in [2.24, 2.45) is 23.2 Å². The Morgan fingerprint density at radius 2 is 1.54 bits per heavy atom. The Hall–Kier alpha value is -5.98. The van der Waals surface area contributed by atoms with Crippen LogP contribution in [0.25, 0.3) is 32.0 Å². The van der Waals surface area contributed by atoms with Crippen molar-refractivity contribution in [3.8, 4) is 0 Å². The first-order valence-electron chi connectivity index (χ1n) is 26.5. The molecule has 0 saturated heterocycles. The molecule has 5 aromatic carbocycles. The Kier molecular flexibility index (Phi) is 10.9. The summed E-state index contributed by atoms with van der Waals surface area (Å²) in [7, 11) is 0. The fourth-order valence-electron chi connectivity index (χ4n) is 13.4. The second-order valence-corrected chi connectivity index (χ2v) is 25.3. The van der Waals surface area contributed by atoms with Crippen LogP contribution in [0.3, 0.4) is 0 Å². The van der Waals surface area contributed by atoms with Gasteiger partial charge >= 0.3 is 0 Å². The maximum absolute atomic E-state index is 6.74. The van der Waals surface area contributed by atoms with Gasteiger partial charge in [0, 0.05) is 54.9 Å². The van der Waals surface area contributed by atoms with Gasteiger partial charge in [-0.15, -0.1) is 24.5 Å². The zero-order chi connectivity index (χ0) is 49.3. The van der Waals surface area contributed by atoms with Crippen LogP contribution in [0, 0.1) is 23.2 Å². The van der Waals surface area contributed by atoms with Crippen LogP contribution in [0.2, 0.25) is 0 Å². The van der Waals surface area contributed by atoms with E-state index < -0.39 is 0 Å². The van der Waals surface area contributed by atoms with Gasteiger partial charge < -0.3 is 19.1 Å². The van der Waals surface area contributed by atoms with E-state index in [-0.39, 0.29) is 29.0 Å². The van der Waals surface area contributed by atoms with E-state index in [1.165, 1.54) is 96.4 Å². The SMILES string of the molecule is C=CCC(C=C)N(c1ccccc1)c1cc2c3c(c1)N(c1cccc4oc5ccccc5c14)C1=C(C=C4C(C)CCC(C)C4C1)B3c1sc3cc4c(cc3c1N2/C=C/CC(C)(C)C)C(C)(C)CCC4(C)C. The topological polar surface area (TPSA) is 22.9 Å². The monoisotopic (exact) mass is 952 g/mol. The predicted molar refractivity (Wildman–Crippen MR) is 308 cm³/mol. The molecular formula is C65H70BN3OS. The highest BCUT2D eigenvalue weighted by molar-refractivity contribution is 7.33. The number of rotatable bonds is 9. The summed E-state index contributed by atoms with van der Waals surface area (Å²) < 4.78 is 9.59. The van der Waals surface area contributed by atoms with Gasteiger partial charge in [-0.05, 0) is 156 Å². The molecule has 0 N–H and O–H groups in total. The first kappa shape index (κ1) is 46.1. The number of allylic oxidation sites excluding steroid dienone is 5. The summed E-state index contributed by atoms with van der Waals surface area (Å²) in [6.07, 6.45) is 19.4. The summed E-state index contributed by atoms with van der Waals surface area (Å²) in [6, 6.07) is 36.6. The molecule has 7 aromatic rings. The third-order valence-electron chi connectivity index (χ3n) is 17.4. The highest BCUT2D eigenvalue weighted by Gasteiger charge is 2.49. The molecule has 3 aliphatic carbocycles. The van der Waals surface area contributed by atoms with Crippen molar-refractivity contribution in [2.75, 3.05) is 14.7 Å². The number of nitrogens with zero attached hydrogens (tertiary/aromatic N) is 3. The minimum absolute atomic E-state index is 0.0307. The minimum atomic E-state index is -0.0307. The molecule has 6 heteroatoms. The largest absolute Gasteiger partial charge is 0.456 e. The second-order valence-electron chi connectivity index (χ2n) is 24.3. The lowest BCUT2D eigenvalue weighted by molar-refractivity contribution is 0.279. The van der Waals surface area contributed by atoms with Crippen LogP contribution < -0.4 is 24.9 Å². The summed E-state index contributed by atoms with van der Waals surface area (Å²) in [5.74, 6) is 1.61. The first-order valence-corrected chi connectivity index (χ1v) is 27.4. The summed E-state index contributed by atoms with van der Waals surface area (Å²) in [5, 5.41) is 3.69.